The van der Waals surface area contributed by atoms with E-state index in [2.05, 4.69) is 4.98 Å². The van der Waals surface area contributed by atoms with Gasteiger partial charge in [0.25, 0.3) is 0 Å². The van der Waals surface area contributed by atoms with Crippen LogP contribution < -0.4 is 9.47 Å². The van der Waals surface area contributed by atoms with Gasteiger partial charge >= 0.3 is 7.12 Å². The number of aromatic nitrogens is 1. The number of pyridine rings is 1. The van der Waals surface area contributed by atoms with Gasteiger partial charge in [0.1, 0.15) is 0 Å². The molecule has 0 aliphatic heterocycles. The highest BCUT2D eigenvalue weighted by Crippen LogP contribution is 2.34. The Morgan fingerprint density at radius 1 is 1.12 bits per heavy atom. The summed E-state index contributed by atoms with van der Waals surface area (Å²) in [6, 6.07) is 7.66. The summed E-state index contributed by atoms with van der Waals surface area (Å²) in [5.74, 6) is 0.980. The Bertz CT molecular complexity index is 845. The molecule has 2 rings (SSSR count). The maximum absolute atomic E-state index is 10.5. The molecule has 7 nitrogen and oxygen atoms in total. The lowest BCUT2D eigenvalue weighted by Gasteiger charge is -2.29. The van der Waals surface area contributed by atoms with Crippen molar-refractivity contribution in [1.29, 1.82) is 0 Å². The van der Waals surface area contributed by atoms with Crippen LogP contribution in [0.4, 0.5) is 0 Å². The summed E-state index contributed by atoms with van der Waals surface area (Å²) in [5.41, 5.74) is 1.89. The Morgan fingerprint density at radius 3 is 2.50 bits per heavy atom. The first kappa shape index (κ1) is 26.1. The van der Waals surface area contributed by atoms with Crippen molar-refractivity contribution in [2.75, 3.05) is 20.3 Å². The summed E-state index contributed by atoms with van der Waals surface area (Å²) in [5, 5.41) is 30.0. The van der Waals surface area contributed by atoms with Gasteiger partial charge in [-0.2, -0.15) is 0 Å². The number of nitrogens with zero attached hydrogens (tertiary/aromatic N) is 1. The molecule has 0 saturated heterocycles. The second-order valence-electron chi connectivity index (χ2n) is 8.72. The van der Waals surface area contributed by atoms with Crippen LogP contribution in [0.3, 0.4) is 0 Å². The van der Waals surface area contributed by atoms with E-state index < -0.39 is 18.8 Å². The normalized spacial score (nSPS) is 13.5. The van der Waals surface area contributed by atoms with Crippen molar-refractivity contribution in [3.05, 3.63) is 42.2 Å². The van der Waals surface area contributed by atoms with E-state index in [-0.39, 0.29) is 18.8 Å². The summed E-state index contributed by atoms with van der Waals surface area (Å²) in [4.78, 5) is 4.35. The fourth-order valence-corrected chi connectivity index (χ4v) is 3.76. The van der Waals surface area contributed by atoms with Crippen molar-refractivity contribution in [3.63, 3.8) is 0 Å². The standard InChI is InChI=1S/C24H36BNO6/c1-6-9-31-23-11-18(7-8-22(23)30-5)19-10-20(15-26-14-19)21(16-27)13-25(29)32-24(3,4)12-17(2)28/h7-8,10-11,14-15,17,21,27-29H,6,9,12-13,16H2,1-5H3/t17-,21+/m0/s1. The number of hydrogen-bond donors (Lipinski definition) is 3. The van der Waals surface area contributed by atoms with E-state index in [9.17, 15) is 15.2 Å². The molecule has 0 amide bonds. The molecule has 0 aliphatic carbocycles. The van der Waals surface area contributed by atoms with E-state index in [1.807, 2.05) is 45.0 Å². The molecule has 1 aromatic carbocycles. The average Bonchev–Trinajstić information content (AvgIpc) is 2.74. The van der Waals surface area contributed by atoms with Crippen LogP contribution in [-0.4, -0.2) is 59.4 Å². The van der Waals surface area contributed by atoms with Gasteiger partial charge in [0, 0.05) is 36.9 Å². The summed E-state index contributed by atoms with van der Waals surface area (Å²) in [6.45, 7) is 7.80. The molecule has 2 atom stereocenters. The van der Waals surface area contributed by atoms with E-state index in [0.717, 1.165) is 23.1 Å². The number of methoxy groups -OCH3 is 1. The molecule has 0 fully saturated rings. The van der Waals surface area contributed by atoms with Crippen LogP contribution in [0.15, 0.2) is 36.7 Å². The van der Waals surface area contributed by atoms with Crippen LogP contribution in [0.2, 0.25) is 6.32 Å². The first-order valence-electron chi connectivity index (χ1n) is 11.1. The van der Waals surface area contributed by atoms with E-state index in [4.69, 9.17) is 14.1 Å². The summed E-state index contributed by atoms with van der Waals surface area (Å²) >= 11 is 0. The zero-order valence-corrected chi connectivity index (χ0v) is 19.7. The number of aliphatic hydroxyl groups excluding tert-OH is 2. The molecule has 176 valence electrons. The van der Waals surface area contributed by atoms with E-state index in [1.54, 1.807) is 26.4 Å². The Balaban J connectivity index is 2.20. The Hall–Kier alpha value is -2.13. The van der Waals surface area contributed by atoms with Gasteiger partial charge in [0.05, 0.1) is 25.4 Å². The third kappa shape index (κ3) is 7.78. The largest absolute Gasteiger partial charge is 0.493 e. The molecule has 0 unspecified atom stereocenters. The van der Waals surface area contributed by atoms with Crippen LogP contribution >= 0.6 is 0 Å². The highest BCUT2D eigenvalue weighted by atomic mass is 16.5. The number of benzene rings is 1. The molecule has 0 aliphatic rings. The summed E-state index contributed by atoms with van der Waals surface area (Å²) in [6.07, 6.45) is 4.39. The molecule has 8 heteroatoms. The summed E-state index contributed by atoms with van der Waals surface area (Å²) in [7, 11) is 0.525. The second kappa shape index (κ2) is 12.2. The van der Waals surface area contributed by atoms with Crippen LogP contribution in [0.1, 0.15) is 52.0 Å². The average molecular weight is 445 g/mol. The Kier molecular flexibility index (Phi) is 9.97. The zero-order chi connectivity index (χ0) is 23.7. The molecule has 0 radical (unpaired) electrons. The van der Waals surface area contributed by atoms with E-state index in [1.165, 1.54) is 0 Å². The number of ether oxygens (including phenoxy) is 2. The third-order valence-electron chi connectivity index (χ3n) is 5.14. The molecule has 0 bridgehead atoms. The quantitative estimate of drug-likeness (QED) is 0.405. The fraction of sp³-hybridized carbons (Fsp3) is 0.542. The monoisotopic (exact) mass is 445 g/mol. The first-order valence-corrected chi connectivity index (χ1v) is 11.1. The van der Waals surface area contributed by atoms with Gasteiger partial charge in [-0.3, -0.25) is 4.98 Å². The van der Waals surface area contributed by atoms with Crippen molar-refractivity contribution in [3.8, 4) is 22.6 Å². The van der Waals surface area contributed by atoms with Gasteiger partial charge in [-0.05, 0) is 62.8 Å². The van der Waals surface area contributed by atoms with E-state index >= 15 is 0 Å². The zero-order valence-electron chi connectivity index (χ0n) is 19.7. The van der Waals surface area contributed by atoms with Gasteiger partial charge in [0.2, 0.25) is 0 Å². The Labute approximate surface area is 191 Å². The van der Waals surface area contributed by atoms with Crippen molar-refractivity contribution < 1.29 is 29.4 Å². The molecule has 3 N–H and O–H groups in total. The van der Waals surface area contributed by atoms with Crippen LogP contribution in [-0.2, 0) is 4.65 Å². The number of aliphatic hydroxyl groups is 2. The maximum Gasteiger partial charge on any atom is 0.455 e. The van der Waals surface area contributed by atoms with Crippen molar-refractivity contribution in [1.82, 2.24) is 4.98 Å². The molecule has 0 saturated carbocycles. The third-order valence-corrected chi connectivity index (χ3v) is 5.14. The van der Waals surface area contributed by atoms with Crippen molar-refractivity contribution in [2.45, 2.75) is 64.5 Å². The minimum Gasteiger partial charge on any atom is -0.493 e. The minimum absolute atomic E-state index is 0.157. The van der Waals surface area contributed by atoms with Gasteiger partial charge in [-0.25, -0.2) is 0 Å². The lowest BCUT2D eigenvalue weighted by molar-refractivity contribution is 0.0285. The van der Waals surface area contributed by atoms with Gasteiger partial charge in [-0.15, -0.1) is 0 Å². The van der Waals surface area contributed by atoms with Crippen LogP contribution in [0.25, 0.3) is 11.1 Å². The smallest absolute Gasteiger partial charge is 0.455 e. The summed E-state index contributed by atoms with van der Waals surface area (Å²) < 4.78 is 16.9. The Morgan fingerprint density at radius 2 is 1.88 bits per heavy atom. The highest BCUT2D eigenvalue weighted by molar-refractivity contribution is 6.43. The predicted molar refractivity (Wildman–Crippen MR) is 126 cm³/mol. The number of hydrogen-bond acceptors (Lipinski definition) is 7. The maximum atomic E-state index is 10.5. The fourth-order valence-electron chi connectivity index (χ4n) is 3.76. The SMILES string of the molecule is CCCOc1cc(-c2cncc([C@@H](CO)CB(O)OC(C)(C)C[C@H](C)O)c2)ccc1OC. The molecule has 2 aromatic rings. The molecule has 32 heavy (non-hydrogen) atoms. The first-order chi connectivity index (χ1) is 15.2. The molecule has 1 heterocycles. The van der Waals surface area contributed by atoms with E-state index in [0.29, 0.717) is 24.5 Å². The lowest BCUT2D eigenvalue weighted by Crippen LogP contribution is -2.37. The highest BCUT2D eigenvalue weighted by Gasteiger charge is 2.30. The van der Waals surface area contributed by atoms with Crippen molar-refractivity contribution in [2.24, 2.45) is 0 Å². The topological polar surface area (TPSA) is 101 Å². The lowest BCUT2D eigenvalue weighted by atomic mass is 9.74. The second-order valence-corrected chi connectivity index (χ2v) is 8.72. The van der Waals surface area contributed by atoms with Gasteiger partial charge < -0.3 is 29.4 Å². The van der Waals surface area contributed by atoms with Crippen LogP contribution in [0, 0.1) is 0 Å². The van der Waals surface area contributed by atoms with Gasteiger partial charge in [0.15, 0.2) is 11.5 Å². The van der Waals surface area contributed by atoms with Crippen molar-refractivity contribution >= 4 is 7.12 Å². The number of rotatable bonds is 13. The van der Waals surface area contributed by atoms with Crippen LogP contribution in [0.5, 0.6) is 11.5 Å². The minimum atomic E-state index is -1.08. The predicted octanol–water partition coefficient (Wildman–Crippen LogP) is 3.67. The molecule has 1 aromatic heterocycles. The van der Waals surface area contributed by atoms with Gasteiger partial charge in [-0.1, -0.05) is 13.0 Å². The molecular weight excluding hydrogens is 409 g/mol. The molecular formula is C24H36BNO6. The molecule has 0 spiro atoms.